The Kier molecular flexibility index (Phi) is 6.90. The normalized spacial score (nSPS) is 12.3. The number of aromatic nitrogens is 1. The second kappa shape index (κ2) is 9.60. The van der Waals surface area contributed by atoms with E-state index in [4.69, 9.17) is 4.74 Å². The van der Waals surface area contributed by atoms with Crippen molar-refractivity contribution < 1.29 is 14.3 Å². The monoisotopic (exact) mass is 419 g/mol. The van der Waals surface area contributed by atoms with Crippen LogP contribution in [0.3, 0.4) is 0 Å². The van der Waals surface area contributed by atoms with Crippen molar-refractivity contribution in [1.82, 2.24) is 10.3 Å². The number of ether oxygens (including phenoxy) is 1. The highest BCUT2D eigenvalue weighted by Gasteiger charge is 2.22. The molecule has 1 heterocycles. The van der Waals surface area contributed by atoms with Gasteiger partial charge >= 0.3 is 6.09 Å². The molecular formula is C25H29N3O3. The maximum Gasteiger partial charge on any atom is 0.407 e. The smallest absolute Gasteiger partial charge is 0.407 e. The summed E-state index contributed by atoms with van der Waals surface area (Å²) in [6.45, 7) is 7.77. The molecule has 6 heteroatoms. The number of nitrogens with zero attached hydrogens (tertiary/aromatic N) is 1. The topological polar surface area (TPSA) is 80.3 Å². The highest BCUT2D eigenvalue weighted by Crippen LogP contribution is 2.24. The molecular weight excluding hydrogens is 390 g/mol. The van der Waals surface area contributed by atoms with Gasteiger partial charge in [0.1, 0.15) is 5.60 Å². The fraction of sp³-hybridized carbons (Fsp3) is 0.320. The minimum Gasteiger partial charge on any atom is -0.444 e. The zero-order valence-corrected chi connectivity index (χ0v) is 18.4. The number of carbonyl (C=O) groups excluding carboxylic acids is 2. The van der Waals surface area contributed by atoms with E-state index in [1.165, 1.54) is 0 Å². The Morgan fingerprint density at radius 2 is 1.77 bits per heavy atom. The van der Waals surface area contributed by atoms with Crippen molar-refractivity contribution in [2.45, 2.75) is 45.6 Å². The van der Waals surface area contributed by atoms with Crippen LogP contribution in [0.2, 0.25) is 0 Å². The number of carbonyl (C=O) groups is 2. The van der Waals surface area contributed by atoms with Crippen LogP contribution < -0.4 is 10.6 Å². The molecule has 2 amide bonds. The van der Waals surface area contributed by atoms with E-state index in [1.807, 2.05) is 76.2 Å². The molecule has 0 bridgehead atoms. The van der Waals surface area contributed by atoms with Crippen LogP contribution in [0.15, 0.2) is 60.9 Å². The molecule has 2 aromatic carbocycles. The van der Waals surface area contributed by atoms with Gasteiger partial charge in [-0.25, -0.2) is 4.79 Å². The predicted octanol–water partition coefficient (Wildman–Crippen LogP) is 5.18. The van der Waals surface area contributed by atoms with Gasteiger partial charge in [-0.1, -0.05) is 35.9 Å². The Morgan fingerprint density at radius 3 is 2.48 bits per heavy atom. The number of hydrogen-bond donors (Lipinski definition) is 2. The molecule has 1 unspecified atom stereocenters. The third-order valence-electron chi connectivity index (χ3n) is 4.81. The van der Waals surface area contributed by atoms with E-state index in [-0.39, 0.29) is 5.91 Å². The fourth-order valence-electron chi connectivity index (χ4n) is 3.27. The lowest BCUT2D eigenvalue weighted by Crippen LogP contribution is -2.34. The third-order valence-corrected chi connectivity index (χ3v) is 4.81. The molecule has 3 rings (SSSR count). The van der Waals surface area contributed by atoms with E-state index in [9.17, 15) is 9.59 Å². The first-order valence-corrected chi connectivity index (χ1v) is 10.4. The molecule has 0 saturated heterocycles. The Bertz CT molecular complexity index is 1060. The van der Waals surface area contributed by atoms with E-state index in [0.717, 1.165) is 27.6 Å². The van der Waals surface area contributed by atoms with Crippen molar-refractivity contribution in [3.8, 4) is 0 Å². The van der Waals surface area contributed by atoms with Gasteiger partial charge in [-0.3, -0.25) is 9.78 Å². The molecule has 0 radical (unpaired) electrons. The van der Waals surface area contributed by atoms with Gasteiger partial charge in [0.2, 0.25) is 5.91 Å². The van der Waals surface area contributed by atoms with Gasteiger partial charge in [-0.05, 0) is 63.3 Å². The molecule has 2 N–H and O–H groups in total. The van der Waals surface area contributed by atoms with E-state index in [2.05, 4.69) is 15.6 Å². The number of rotatable bonds is 6. The lowest BCUT2D eigenvalue weighted by atomic mass is 9.93. The largest absolute Gasteiger partial charge is 0.444 e. The number of nitrogens with one attached hydrogen (secondary N) is 2. The van der Waals surface area contributed by atoms with E-state index >= 15 is 0 Å². The maximum atomic E-state index is 13.2. The number of alkyl carbamates (subject to hydrolysis) is 1. The summed E-state index contributed by atoms with van der Waals surface area (Å²) in [5.41, 5.74) is 2.18. The highest BCUT2D eigenvalue weighted by atomic mass is 16.6. The number of hydrogen-bond acceptors (Lipinski definition) is 4. The molecule has 0 fully saturated rings. The fourth-order valence-corrected chi connectivity index (χ4v) is 3.27. The van der Waals surface area contributed by atoms with Gasteiger partial charge in [-0.2, -0.15) is 0 Å². The third kappa shape index (κ3) is 6.54. The average molecular weight is 420 g/mol. The van der Waals surface area contributed by atoms with Crippen LogP contribution in [0.25, 0.3) is 10.8 Å². The molecule has 0 saturated carbocycles. The lowest BCUT2D eigenvalue weighted by molar-refractivity contribution is -0.117. The summed E-state index contributed by atoms with van der Waals surface area (Å²) in [7, 11) is 0. The van der Waals surface area contributed by atoms with Crippen LogP contribution in [0.1, 0.15) is 44.2 Å². The average Bonchev–Trinajstić information content (AvgIpc) is 2.70. The molecule has 0 aliphatic rings. The number of pyridine rings is 1. The molecule has 0 spiro atoms. The van der Waals surface area contributed by atoms with Gasteiger partial charge in [-0.15, -0.1) is 0 Å². The maximum absolute atomic E-state index is 13.2. The summed E-state index contributed by atoms with van der Waals surface area (Å²) in [6, 6.07) is 15.5. The van der Waals surface area contributed by atoms with Gasteiger partial charge in [0.25, 0.3) is 0 Å². The summed E-state index contributed by atoms with van der Waals surface area (Å²) in [5.74, 6) is -0.535. The van der Waals surface area contributed by atoms with Crippen LogP contribution >= 0.6 is 0 Å². The van der Waals surface area contributed by atoms with Crippen LogP contribution in [-0.2, 0) is 9.53 Å². The number of fused-ring (bicyclic) bond motifs is 1. The minimum absolute atomic E-state index is 0.122. The van der Waals surface area contributed by atoms with Crippen LogP contribution in [-0.4, -0.2) is 29.1 Å². The van der Waals surface area contributed by atoms with E-state index in [1.54, 1.807) is 12.4 Å². The second-order valence-corrected chi connectivity index (χ2v) is 8.61. The molecule has 31 heavy (non-hydrogen) atoms. The summed E-state index contributed by atoms with van der Waals surface area (Å²) in [6.07, 6.45) is 3.48. The quantitative estimate of drug-likeness (QED) is 0.577. The second-order valence-electron chi connectivity index (χ2n) is 8.61. The Hall–Kier alpha value is -3.41. The molecule has 1 atom stereocenters. The zero-order valence-electron chi connectivity index (χ0n) is 18.4. The zero-order chi connectivity index (χ0) is 22.4. The Labute approximate surface area is 183 Å². The molecule has 3 aromatic rings. The van der Waals surface area contributed by atoms with Crippen molar-refractivity contribution in [3.63, 3.8) is 0 Å². The van der Waals surface area contributed by atoms with Gasteiger partial charge in [0, 0.05) is 30.0 Å². The molecule has 6 nitrogen and oxygen atoms in total. The summed E-state index contributed by atoms with van der Waals surface area (Å²) < 4.78 is 5.28. The summed E-state index contributed by atoms with van der Waals surface area (Å²) >= 11 is 0. The first kappa shape index (κ1) is 22.3. The molecule has 0 aliphatic carbocycles. The standard InChI is InChI=1S/C25H29N3O3/c1-17-5-7-18(8-6-17)22(12-14-27-24(30)31-25(2,3)4)23(29)28-21-10-9-20-16-26-13-11-19(20)15-21/h5-11,13,15-16,22H,12,14H2,1-4H3,(H,27,30)(H,28,29). The van der Waals surface area contributed by atoms with Crippen molar-refractivity contribution in [2.75, 3.05) is 11.9 Å². The molecule has 0 aliphatic heterocycles. The number of anilines is 1. The van der Waals surface area contributed by atoms with Crippen molar-refractivity contribution in [3.05, 3.63) is 72.1 Å². The molecule has 1 aromatic heterocycles. The predicted molar refractivity (Wildman–Crippen MR) is 123 cm³/mol. The first-order chi connectivity index (χ1) is 14.7. The number of benzene rings is 2. The van der Waals surface area contributed by atoms with Crippen molar-refractivity contribution in [2.24, 2.45) is 0 Å². The summed E-state index contributed by atoms with van der Waals surface area (Å²) in [4.78, 5) is 29.3. The van der Waals surface area contributed by atoms with Crippen LogP contribution in [0, 0.1) is 6.92 Å². The highest BCUT2D eigenvalue weighted by molar-refractivity contribution is 5.98. The van der Waals surface area contributed by atoms with Gasteiger partial charge in [0.15, 0.2) is 0 Å². The lowest BCUT2D eigenvalue weighted by Gasteiger charge is -2.21. The van der Waals surface area contributed by atoms with E-state index in [0.29, 0.717) is 13.0 Å². The number of amides is 2. The summed E-state index contributed by atoms with van der Waals surface area (Å²) in [5, 5.41) is 7.78. The first-order valence-electron chi connectivity index (χ1n) is 10.4. The van der Waals surface area contributed by atoms with Crippen LogP contribution in [0.5, 0.6) is 0 Å². The number of aryl methyl sites for hydroxylation is 1. The van der Waals surface area contributed by atoms with Crippen molar-refractivity contribution in [1.29, 1.82) is 0 Å². The van der Waals surface area contributed by atoms with Gasteiger partial charge in [0.05, 0.1) is 5.92 Å². The van der Waals surface area contributed by atoms with Gasteiger partial charge < -0.3 is 15.4 Å². The Morgan fingerprint density at radius 1 is 1.03 bits per heavy atom. The molecule has 162 valence electrons. The Balaban J connectivity index is 1.72. The van der Waals surface area contributed by atoms with E-state index < -0.39 is 17.6 Å². The minimum atomic E-state index is -0.566. The van der Waals surface area contributed by atoms with Crippen LogP contribution in [0.4, 0.5) is 10.5 Å². The van der Waals surface area contributed by atoms with Crippen molar-refractivity contribution >= 4 is 28.5 Å². The SMILES string of the molecule is Cc1ccc(C(CCNC(=O)OC(C)(C)C)C(=O)Nc2ccc3cnccc3c2)cc1.